The van der Waals surface area contributed by atoms with Gasteiger partial charge >= 0.3 is 0 Å². The largest absolute Gasteiger partial charge is 0.484 e. The van der Waals surface area contributed by atoms with E-state index in [1.807, 2.05) is 17.0 Å². The number of hydrogen-bond acceptors (Lipinski definition) is 7. The maximum Gasteiger partial charge on any atom is 0.266 e. The van der Waals surface area contributed by atoms with Crippen LogP contribution in [0.25, 0.3) is 11.7 Å². The molecule has 0 bridgehead atoms. The Labute approximate surface area is 161 Å². The van der Waals surface area contributed by atoms with Gasteiger partial charge in [-0.1, -0.05) is 23.7 Å². The molecule has 0 saturated carbocycles. The number of piperazine rings is 1. The molecule has 1 saturated heterocycles. The number of rotatable bonds is 5. The number of para-hydroxylation sites is 1. The van der Waals surface area contributed by atoms with Gasteiger partial charge in [-0.05, 0) is 24.3 Å². The number of nitrogens with zero attached hydrogens (tertiary/aromatic N) is 3. The van der Waals surface area contributed by atoms with Crippen LogP contribution in [0.15, 0.2) is 45.2 Å². The van der Waals surface area contributed by atoms with Crippen LogP contribution in [0.5, 0.6) is 5.75 Å². The van der Waals surface area contributed by atoms with E-state index in [0.717, 1.165) is 26.2 Å². The highest BCUT2D eigenvalue weighted by Crippen LogP contribution is 2.30. The lowest BCUT2D eigenvalue weighted by atomic mass is 10.3. The van der Waals surface area contributed by atoms with E-state index in [-0.39, 0.29) is 18.2 Å². The Morgan fingerprint density at radius 1 is 1.19 bits per heavy atom. The van der Waals surface area contributed by atoms with Gasteiger partial charge in [-0.25, -0.2) is 0 Å². The molecule has 7 nitrogen and oxygen atoms in total. The summed E-state index contributed by atoms with van der Waals surface area (Å²) in [7, 11) is 0. The second-order valence-corrected chi connectivity index (χ2v) is 6.41. The molecule has 3 heterocycles. The zero-order valence-corrected chi connectivity index (χ0v) is 15.2. The van der Waals surface area contributed by atoms with Crippen LogP contribution in [0, 0.1) is 11.3 Å². The zero-order chi connectivity index (χ0) is 18.6. The monoisotopic (exact) mass is 384 g/mol. The number of hydrogen-bond donors (Lipinski definition) is 1. The third-order valence-corrected chi connectivity index (χ3v) is 4.51. The maximum atomic E-state index is 9.37. The minimum atomic E-state index is 0.222. The fraction of sp³-hybridized carbons (Fsp3) is 0.263. The van der Waals surface area contributed by atoms with E-state index in [1.165, 1.54) is 0 Å². The lowest BCUT2D eigenvalue weighted by molar-refractivity contribution is 0.271. The van der Waals surface area contributed by atoms with Crippen LogP contribution in [0.1, 0.15) is 11.5 Å². The van der Waals surface area contributed by atoms with E-state index < -0.39 is 0 Å². The first-order chi connectivity index (χ1) is 13.2. The normalized spacial score (nSPS) is 14.1. The summed E-state index contributed by atoms with van der Waals surface area (Å²) in [5.41, 5.74) is 0.261. The summed E-state index contributed by atoms with van der Waals surface area (Å²) in [6.07, 6.45) is 0. The Morgan fingerprint density at radius 3 is 2.78 bits per heavy atom. The Balaban J connectivity index is 1.50. The van der Waals surface area contributed by atoms with Crippen molar-refractivity contribution in [3.05, 3.63) is 52.9 Å². The topological polar surface area (TPSA) is 87.5 Å². The van der Waals surface area contributed by atoms with Crippen molar-refractivity contribution < 1.29 is 13.6 Å². The third-order valence-electron chi connectivity index (χ3n) is 4.20. The molecule has 2 aromatic heterocycles. The van der Waals surface area contributed by atoms with Gasteiger partial charge < -0.3 is 23.8 Å². The van der Waals surface area contributed by atoms with Gasteiger partial charge in [0.1, 0.15) is 24.2 Å². The van der Waals surface area contributed by atoms with Crippen molar-refractivity contribution in [3.63, 3.8) is 0 Å². The van der Waals surface area contributed by atoms with Gasteiger partial charge in [-0.3, -0.25) is 0 Å². The molecule has 1 aromatic carbocycles. The van der Waals surface area contributed by atoms with Crippen LogP contribution in [-0.2, 0) is 6.61 Å². The van der Waals surface area contributed by atoms with Gasteiger partial charge in [0.2, 0.25) is 11.6 Å². The van der Waals surface area contributed by atoms with Gasteiger partial charge in [0.05, 0.1) is 5.02 Å². The molecule has 0 amide bonds. The number of nitrogens with one attached hydrogen (secondary N) is 1. The van der Waals surface area contributed by atoms with Crippen LogP contribution < -0.4 is 15.0 Å². The van der Waals surface area contributed by atoms with Crippen LogP contribution in [-0.4, -0.2) is 31.2 Å². The molecule has 3 aromatic rings. The Bertz CT molecular complexity index is 969. The van der Waals surface area contributed by atoms with Crippen molar-refractivity contribution in [2.75, 3.05) is 31.1 Å². The highest BCUT2D eigenvalue weighted by molar-refractivity contribution is 6.32. The minimum absolute atomic E-state index is 0.222. The maximum absolute atomic E-state index is 9.37. The van der Waals surface area contributed by atoms with Crippen molar-refractivity contribution >= 4 is 17.5 Å². The second kappa shape index (κ2) is 7.74. The number of anilines is 1. The summed E-state index contributed by atoms with van der Waals surface area (Å²) in [4.78, 5) is 6.28. The van der Waals surface area contributed by atoms with Crippen molar-refractivity contribution in [2.45, 2.75) is 6.61 Å². The summed E-state index contributed by atoms with van der Waals surface area (Å²) in [5.74, 6) is 2.40. The van der Waals surface area contributed by atoms with Gasteiger partial charge in [-0.2, -0.15) is 10.2 Å². The predicted molar refractivity (Wildman–Crippen MR) is 99.8 cm³/mol. The quantitative estimate of drug-likeness (QED) is 0.720. The smallest absolute Gasteiger partial charge is 0.266 e. The summed E-state index contributed by atoms with van der Waals surface area (Å²) in [5, 5.41) is 13.2. The first-order valence-corrected chi connectivity index (χ1v) is 8.95. The molecule has 1 aliphatic rings. The molecule has 27 heavy (non-hydrogen) atoms. The molecule has 4 rings (SSSR count). The molecule has 1 aliphatic heterocycles. The molecule has 0 aliphatic carbocycles. The predicted octanol–water partition coefficient (Wildman–Crippen LogP) is 3.45. The van der Waals surface area contributed by atoms with E-state index in [2.05, 4.69) is 16.4 Å². The molecular weight excluding hydrogens is 368 g/mol. The van der Waals surface area contributed by atoms with E-state index >= 15 is 0 Å². The zero-order valence-electron chi connectivity index (χ0n) is 14.4. The van der Waals surface area contributed by atoms with Gasteiger partial charge in [0, 0.05) is 26.2 Å². The number of nitriles is 1. The molecule has 0 unspecified atom stereocenters. The number of aromatic nitrogens is 1. The van der Waals surface area contributed by atoms with Crippen LogP contribution in [0.3, 0.4) is 0 Å². The van der Waals surface area contributed by atoms with E-state index in [0.29, 0.717) is 28.2 Å². The fourth-order valence-electron chi connectivity index (χ4n) is 2.85. The number of halogens is 1. The average molecular weight is 385 g/mol. The SMILES string of the molecule is N#Cc1nc(-c2ccc(COc3ccccc3Cl)o2)oc1N1CCNCC1. The molecule has 0 radical (unpaired) electrons. The molecule has 1 N–H and O–H groups in total. The van der Waals surface area contributed by atoms with Crippen molar-refractivity contribution in [3.8, 4) is 23.5 Å². The van der Waals surface area contributed by atoms with Gasteiger partial charge in [0.25, 0.3) is 5.89 Å². The lowest BCUT2D eigenvalue weighted by Crippen LogP contribution is -2.43. The lowest BCUT2D eigenvalue weighted by Gasteiger charge is -2.26. The minimum Gasteiger partial charge on any atom is -0.484 e. The summed E-state index contributed by atoms with van der Waals surface area (Å²) < 4.78 is 17.3. The Morgan fingerprint density at radius 2 is 2.00 bits per heavy atom. The van der Waals surface area contributed by atoms with E-state index in [1.54, 1.807) is 24.3 Å². The van der Waals surface area contributed by atoms with Crippen LogP contribution in [0.4, 0.5) is 5.88 Å². The Kier molecular flexibility index (Phi) is 5.01. The average Bonchev–Trinajstić information content (AvgIpc) is 3.35. The van der Waals surface area contributed by atoms with Crippen LogP contribution >= 0.6 is 11.6 Å². The van der Waals surface area contributed by atoms with Gasteiger partial charge in [0.15, 0.2) is 5.76 Å². The molecule has 1 fully saturated rings. The fourth-order valence-corrected chi connectivity index (χ4v) is 3.04. The van der Waals surface area contributed by atoms with Crippen LogP contribution in [0.2, 0.25) is 5.02 Å². The standard InChI is InChI=1S/C19H17ClN4O3/c20-14-3-1-2-4-16(14)25-12-13-5-6-17(26-13)18-23-15(11-21)19(27-18)24-9-7-22-8-10-24/h1-6,22H,7-10,12H2. The summed E-state index contributed by atoms with van der Waals surface area (Å²) in [6, 6.07) is 12.9. The second-order valence-electron chi connectivity index (χ2n) is 6.01. The Hall–Kier alpha value is -2.95. The van der Waals surface area contributed by atoms with Crippen molar-refractivity contribution in [1.29, 1.82) is 5.26 Å². The summed E-state index contributed by atoms with van der Waals surface area (Å²) >= 11 is 6.08. The summed E-state index contributed by atoms with van der Waals surface area (Å²) in [6.45, 7) is 3.42. The molecule has 138 valence electrons. The molecule has 8 heteroatoms. The third kappa shape index (κ3) is 3.77. The molecule has 0 spiro atoms. The van der Waals surface area contributed by atoms with E-state index in [9.17, 15) is 5.26 Å². The first kappa shape index (κ1) is 17.5. The number of benzene rings is 1. The molecular formula is C19H17ClN4O3. The van der Waals surface area contributed by atoms with Gasteiger partial charge in [-0.15, -0.1) is 0 Å². The highest BCUT2D eigenvalue weighted by atomic mass is 35.5. The van der Waals surface area contributed by atoms with Crippen molar-refractivity contribution in [1.82, 2.24) is 10.3 Å². The number of ether oxygens (including phenoxy) is 1. The molecule has 0 atom stereocenters. The number of furan rings is 1. The van der Waals surface area contributed by atoms with Crippen molar-refractivity contribution in [2.24, 2.45) is 0 Å². The number of oxazole rings is 1. The van der Waals surface area contributed by atoms with E-state index in [4.69, 9.17) is 25.2 Å². The highest BCUT2D eigenvalue weighted by Gasteiger charge is 2.23. The first-order valence-electron chi connectivity index (χ1n) is 8.57.